The van der Waals surface area contributed by atoms with Crippen molar-refractivity contribution in [3.8, 4) is 0 Å². The molecule has 0 saturated heterocycles. The van der Waals surface area contributed by atoms with Crippen molar-refractivity contribution in [1.82, 2.24) is 9.78 Å². The Balaban J connectivity index is 2.27. The van der Waals surface area contributed by atoms with Crippen LogP contribution in [0.25, 0.3) is 0 Å². The lowest BCUT2D eigenvalue weighted by molar-refractivity contribution is 0.524. The molecular formula is C14H19N3. The molecule has 0 aliphatic heterocycles. The second-order valence-electron chi connectivity index (χ2n) is 4.65. The summed E-state index contributed by atoms with van der Waals surface area (Å²) in [5, 5.41) is 4.20. The molecule has 1 unspecified atom stereocenters. The van der Waals surface area contributed by atoms with Gasteiger partial charge in [0, 0.05) is 18.4 Å². The van der Waals surface area contributed by atoms with Crippen LogP contribution in [-0.2, 0) is 6.54 Å². The summed E-state index contributed by atoms with van der Waals surface area (Å²) in [4.78, 5) is 0. The van der Waals surface area contributed by atoms with Gasteiger partial charge in [-0.05, 0) is 43.5 Å². The van der Waals surface area contributed by atoms with Crippen LogP contribution in [0, 0.1) is 20.8 Å². The minimum Gasteiger partial charge on any atom is -0.322 e. The fourth-order valence-corrected chi connectivity index (χ4v) is 2.48. The summed E-state index contributed by atoms with van der Waals surface area (Å²) < 4.78 is 1.88. The molecule has 1 aromatic carbocycles. The second-order valence-corrected chi connectivity index (χ2v) is 4.65. The van der Waals surface area contributed by atoms with Gasteiger partial charge in [-0.15, -0.1) is 0 Å². The van der Waals surface area contributed by atoms with E-state index in [9.17, 15) is 0 Å². The van der Waals surface area contributed by atoms with Gasteiger partial charge >= 0.3 is 0 Å². The molecule has 0 bridgehead atoms. The van der Waals surface area contributed by atoms with Gasteiger partial charge < -0.3 is 5.73 Å². The Morgan fingerprint density at radius 1 is 1.24 bits per heavy atom. The molecule has 1 heterocycles. The molecule has 0 fully saturated rings. The molecule has 90 valence electrons. The lowest BCUT2D eigenvalue weighted by Gasteiger charge is -2.18. The molecule has 0 aliphatic carbocycles. The van der Waals surface area contributed by atoms with Crippen LogP contribution in [0.3, 0.4) is 0 Å². The van der Waals surface area contributed by atoms with Gasteiger partial charge in [-0.25, -0.2) is 0 Å². The predicted molar refractivity (Wildman–Crippen MR) is 69.8 cm³/mol. The van der Waals surface area contributed by atoms with Gasteiger partial charge in [-0.2, -0.15) is 5.10 Å². The summed E-state index contributed by atoms with van der Waals surface area (Å²) in [6.07, 6.45) is 3.72. The maximum Gasteiger partial charge on any atom is 0.0602 e. The van der Waals surface area contributed by atoms with Gasteiger partial charge in [-0.1, -0.05) is 17.7 Å². The fourth-order valence-electron chi connectivity index (χ4n) is 2.48. The number of aryl methyl sites for hydroxylation is 3. The summed E-state index contributed by atoms with van der Waals surface area (Å²) in [6.45, 7) is 7.08. The van der Waals surface area contributed by atoms with E-state index in [1.807, 2.05) is 16.9 Å². The molecule has 0 aliphatic rings. The van der Waals surface area contributed by atoms with E-state index in [2.05, 4.69) is 38.0 Å². The van der Waals surface area contributed by atoms with Crippen LogP contribution in [0.2, 0.25) is 0 Å². The highest BCUT2D eigenvalue weighted by molar-refractivity contribution is 5.39. The number of nitrogens with zero attached hydrogens (tertiary/aromatic N) is 2. The van der Waals surface area contributed by atoms with Crippen LogP contribution < -0.4 is 5.73 Å². The van der Waals surface area contributed by atoms with Gasteiger partial charge in [0.25, 0.3) is 0 Å². The molecule has 1 atom stereocenters. The van der Waals surface area contributed by atoms with Gasteiger partial charge in [0.1, 0.15) is 0 Å². The molecule has 0 saturated carbocycles. The van der Waals surface area contributed by atoms with E-state index in [1.54, 1.807) is 6.20 Å². The first-order chi connectivity index (χ1) is 8.08. The number of benzene rings is 1. The van der Waals surface area contributed by atoms with E-state index in [0.717, 1.165) is 6.54 Å². The van der Waals surface area contributed by atoms with E-state index in [4.69, 9.17) is 5.73 Å². The van der Waals surface area contributed by atoms with Crippen LogP contribution in [0.5, 0.6) is 0 Å². The molecule has 2 rings (SSSR count). The average Bonchev–Trinajstić information content (AvgIpc) is 2.68. The molecule has 0 radical (unpaired) electrons. The molecule has 3 nitrogen and oxygen atoms in total. The van der Waals surface area contributed by atoms with Gasteiger partial charge in [-0.3, -0.25) is 4.68 Å². The standard InChI is InChI=1S/C14H19N3/c1-10-7-11(2)14(12(3)8-10)13(15)9-17-6-4-5-16-17/h4-8,13H,9,15H2,1-3H3. The Hall–Kier alpha value is -1.61. The van der Waals surface area contributed by atoms with Crippen molar-refractivity contribution >= 4 is 0 Å². The van der Waals surface area contributed by atoms with Crippen molar-refractivity contribution in [2.24, 2.45) is 5.73 Å². The molecule has 0 amide bonds. The summed E-state index contributed by atoms with van der Waals surface area (Å²) in [5.41, 5.74) is 11.3. The zero-order chi connectivity index (χ0) is 12.4. The van der Waals surface area contributed by atoms with Crippen molar-refractivity contribution in [3.63, 3.8) is 0 Å². The summed E-state index contributed by atoms with van der Waals surface area (Å²) >= 11 is 0. The molecular weight excluding hydrogens is 210 g/mol. The normalized spacial score (nSPS) is 12.7. The van der Waals surface area contributed by atoms with E-state index >= 15 is 0 Å². The second kappa shape index (κ2) is 4.72. The summed E-state index contributed by atoms with van der Waals surface area (Å²) in [7, 11) is 0. The maximum atomic E-state index is 6.28. The maximum absolute atomic E-state index is 6.28. The van der Waals surface area contributed by atoms with E-state index < -0.39 is 0 Å². The Kier molecular flexibility index (Phi) is 3.29. The van der Waals surface area contributed by atoms with Crippen LogP contribution in [0.1, 0.15) is 28.3 Å². The number of hydrogen-bond acceptors (Lipinski definition) is 2. The van der Waals surface area contributed by atoms with Crippen molar-refractivity contribution in [3.05, 3.63) is 52.8 Å². The SMILES string of the molecule is Cc1cc(C)c(C(N)Cn2cccn2)c(C)c1. The highest BCUT2D eigenvalue weighted by Gasteiger charge is 2.13. The Morgan fingerprint density at radius 3 is 2.41 bits per heavy atom. The first-order valence-electron chi connectivity index (χ1n) is 5.88. The highest BCUT2D eigenvalue weighted by Crippen LogP contribution is 2.22. The van der Waals surface area contributed by atoms with Crippen LogP contribution in [0.15, 0.2) is 30.6 Å². The topological polar surface area (TPSA) is 43.8 Å². The van der Waals surface area contributed by atoms with Crippen LogP contribution in [0.4, 0.5) is 0 Å². The number of nitrogens with two attached hydrogens (primary N) is 1. The minimum atomic E-state index is -0.00417. The third kappa shape index (κ3) is 2.56. The molecule has 2 aromatic rings. The van der Waals surface area contributed by atoms with Gasteiger partial charge in [0.2, 0.25) is 0 Å². The average molecular weight is 229 g/mol. The Morgan fingerprint density at radius 2 is 1.88 bits per heavy atom. The molecule has 0 spiro atoms. The minimum absolute atomic E-state index is 0.00417. The number of rotatable bonds is 3. The molecule has 17 heavy (non-hydrogen) atoms. The third-order valence-electron chi connectivity index (χ3n) is 3.05. The van der Waals surface area contributed by atoms with Crippen molar-refractivity contribution in [2.45, 2.75) is 33.4 Å². The fraction of sp³-hybridized carbons (Fsp3) is 0.357. The zero-order valence-corrected chi connectivity index (χ0v) is 10.6. The van der Waals surface area contributed by atoms with E-state index in [-0.39, 0.29) is 6.04 Å². The third-order valence-corrected chi connectivity index (χ3v) is 3.05. The quantitative estimate of drug-likeness (QED) is 0.878. The predicted octanol–water partition coefficient (Wildman–Crippen LogP) is 2.51. The van der Waals surface area contributed by atoms with Gasteiger partial charge in [0.05, 0.1) is 6.54 Å². The number of hydrogen-bond donors (Lipinski definition) is 1. The van der Waals surface area contributed by atoms with Crippen molar-refractivity contribution < 1.29 is 0 Å². The molecule has 2 N–H and O–H groups in total. The Labute approximate surface area is 102 Å². The highest BCUT2D eigenvalue weighted by atomic mass is 15.3. The monoisotopic (exact) mass is 229 g/mol. The van der Waals surface area contributed by atoms with Crippen molar-refractivity contribution in [2.75, 3.05) is 0 Å². The number of aromatic nitrogens is 2. The van der Waals surface area contributed by atoms with Crippen molar-refractivity contribution in [1.29, 1.82) is 0 Å². The van der Waals surface area contributed by atoms with Crippen LogP contribution >= 0.6 is 0 Å². The van der Waals surface area contributed by atoms with E-state index in [1.165, 1.54) is 22.3 Å². The largest absolute Gasteiger partial charge is 0.322 e. The molecule has 1 aromatic heterocycles. The summed E-state index contributed by atoms with van der Waals surface area (Å²) in [6, 6.07) is 6.29. The van der Waals surface area contributed by atoms with E-state index in [0.29, 0.717) is 0 Å². The molecule has 3 heteroatoms. The lowest BCUT2D eigenvalue weighted by Crippen LogP contribution is -2.20. The Bertz CT molecular complexity index is 477. The van der Waals surface area contributed by atoms with Crippen LogP contribution in [-0.4, -0.2) is 9.78 Å². The lowest BCUT2D eigenvalue weighted by atomic mass is 9.94. The zero-order valence-electron chi connectivity index (χ0n) is 10.6. The van der Waals surface area contributed by atoms with Gasteiger partial charge in [0.15, 0.2) is 0 Å². The smallest absolute Gasteiger partial charge is 0.0602 e. The first kappa shape index (κ1) is 11.9. The summed E-state index contributed by atoms with van der Waals surface area (Å²) in [5.74, 6) is 0. The first-order valence-corrected chi connectivity index (χ1v) is 5.88.